The van der Waals surface area contributed by atoms with Gasteiger partial charge in [0.15, 0.2) is 18.1 Å². The molecule has 0 saturated carbocycles. The van der Waals surface area contributed by atoms with E-state index in [4.69, 9.17) is 14.6 Å². The van der Waals surface area contributed by atoms with Crippen LogP contribution in [0, 0.1) is 0 Å². The van der Waals surface area contributed by atoms with Crippen LogP contribution in [0.15, 0.2) is 42.5 Å². The fourth-order valence-corrected chi connectivity index (χ4v) is 2.33. The van der Waals surface area contributed by atoms with Gasteiger partial charge in [0.2, 0.25) is 0 Å². The summed E-state index contributed by atoms with van der Waals surface area (Å²) in [6.07, 6.45) is -4.42. The quantitative estimate of drug-likeness (QED) is 0.685. The predicted molar refractivity (Wildman–Crippen MR) is 93.1 cm³/mol. The molecule has 0 spiro atoms. The maximum Gasteiger partial charge on any atom is 0.422 e. The van der Waals surface area contributed by atoms with E-state index in [0.29, 0.717) is 19.7 Å². The maximum atomic E-state index is 12.3. The van der Waals surface area contributed by atoms with Crippen LogP contribution in [0.25, 0.3) is 0 Å². The number of benzene rings is 2. The average Bonchev–Trinajstić information content (AvgIpc) is 2.61. The van der Waals surface area contributed by atoms with Crippen LogP contribution < -0.4 is 14.8 Å². The lowest BCUT2D eigenvalue weighted by molar-refractivity contribution is -0.153. The average molecular weight is 383 g/mol. The third kappa shape index (κ3) is 6.82. The van der Waals surface area contributed by atoms with Crippen molar-refractivity contribution >= 4 is 5.97 Å². The summed E-state index contributed by atoms with van der Waals surface area (Å²) in [4.78, 5) is 10.8. The topological polar surface area (TPSA) is 67.8 Å². The van der Waals surface area contributed by atoms with Gasteiger partial charge in [0, 0.05) is 13.1 Å². The molecule has 0 unspecified atom stereocenters. The van der Waals surface area contributed by atoms with Crippen LogP contribution in [0.5, 0.6) is 11.5 Å². The summed E-state index contributed by atoms with van der Waals surface area (Å²) in [6, 6.07) is 11.2. The van der Waals surface area contributed by atoms with E-state index in [-0.39, 0.29) is 17.1 Å². The smallest absolute Gasteiger partial charge is 0.422 e. The molecule has 146 valence electrons. The Labute approximate surface area is 154 Å². The molecular formula is C19H20F3NO4. The summed E-state index contributed by atoms with van der Waals surface area (Å²) in [6.45, 7) is 1.63. The summed E-state index contributed by atoms with van der Waals surface area (Å²) in [5, 5.41) is 12.1. The van der Waals surface area contributed by atoms with Gasteiger partial charge in [-0.15, -0.1) is 0 Å². The number of carboxylic acid groups (broad SMARTS) is 1. The Morgan fingerprint density at radius 1 is 1.00 bits per heavy atom. The number of carbonyl (C=O) groups is 1. The molecule has 8 heteroatoms. The number of hydrogen-bond donors (Lipinski definition) is 2. The molecule has 0 amide bonds. The second-order valence-electron chi connectivity index (χ2n) is 5.72. The molecule has 2 N–H and O–H groups in total. The minimum atomic E-state index is -4.42. The van der Waals surface area contributed by atoms with Crippen LogP contribution >= 0.6 is 0 Å². The van der Waals surface area contributed by atoms with E-state index in [1.54, 1.807) is 31.2 Å². The molecule has 2 aromatic carbocycles. The number of alkyl halides is 3. The van der Waals surface area contributed by atoms with E-state index in [1.807, 2.05) is 0 Å². The lowest BCUT2D eigenvalue weighted by atomic mass is 10.1. The number of ether oxygens (including phenoxy) is 2. The van der Waals surface area contributed by atoms with Crippen LogP contribution in [0.1, 0.15) is 28.4 Å². The van der Waals surface area contributed by atoms with Gasteiger partial charge in [-0.2, -0.15) is 13.2 Å². The van der Waals surface area contributed by atoms with Crippen LogP contribution in [-0.4, -0.2) is 30.5 Å². The van der Waals surface area contributed by atoms with Crippen molar-refractivity contribution in [2.75, 3.05) is 13.2 Å². The fourth-order valence-electron chi connectivity index (χ4n) is 2.33. The number of rotatable bonds is 9. The van der Waals surface area contributed by atoms with Gasteiger partial charge in [0.1, 0.15) is 0 Å². The van der Waals surface area contributed by atoms with E-state index in [0.717, 1.165) is 11.1 Å². The molecule has 0 aliphatic heterocycles. The summed E-state index contributed by atoms with van der Waals surface area (Å²) in [7, 11) is 0. The van der Waals surface area contributed by atoms with Gasteiger partial charge in [-0.3, -0.25) is 0 Å². The largest absolute Gasteiger partial charge is 0.490 e. The van der Waals surface area contributed by atoms with Crippen molar-refractivity contribution in [3.05, 3.63) is 59.2 Å². The Morgan fingerprint density at radius 3 is 2.22 bits per heavy atom. The van der Waals surface area contributed by atoms with Crippen molar-refractivity contribution in [2.24, 2.45) is 0 Å². The van der Waals surface area contributed by atoms with Gasteiger partial charge in [0.05, 0.1) is 12.2 Å². The third-order valence-electron chi connectivity index (χ3n) is 3.56. The van der Waals surface area contributed by atoms with E-state index in [2.05, 4.69) is 5.32 Å². The Kier molecular flexibility index (Phi) is 7.06. The van der Waals surface area contributed by atoms with Gasteiger partial charge >= 0.3 is 12.1 Å². The summed E-state index contributed by atoms with van der Waals surface area (Å²) in [5.74, 6) is -0.681. The fraction of sp³-hybridized carbons (Fsp3) is 0.316. The number of nitrogens with one attached hydrogen (secondary N) is 1. The zero-order chi connectivity index (χ0) is 19.9. The van der Waals surface area contributed by atoms with E-state index in [9.17, 15) is 18.0 Å². The molecule has 5 nitrogen and oxygen atoms in total. The lowest BCUT2D eigenvalue weighted by Gasteiger charge is -2.15. The minimum Gasteiger partial charge on any atom is -0.490 e. The molecule has 2 rings (SSSR count). The highest BCUT2D eigenvalue weighted by molar-refractivity contribution is 5.87. The zero-order valence-electron chi connectivity index (χ0n) is 14.7. The van der Waals surface area contributed by atoms with Crippen molar-refractivity contribution in [3.63, 3.8) is 0 Å². The predicted octanol–water partition coefficient (Wildman–Crippen LogP) is 4.01. The minimum absolute atomic E-state index is 0.0437. The van der Waals surface area contributed by atoms with Crippen molar-refractivity contribution in [1.82, 2.24) is 5.32 Å². The van der Waals surface area contributed by atoms with Crippen LogP contribution in [0.4, 0.5) is 13.2 Å². The molecule has 0 saturated heterocycles. The van der Waals surface area contributed by atoms with E-state index in [1.165, 1.54) is 18.2 Å². The molecule has 27 heavy (non-hydrogen) atoms. The molecule has 0 heterocycles. The molecule has 0 atom stereocenters. The summed E-state index contributed by atoms with van der Waals surface area (Å²) in [5.41, 5.74) is 1.95. The third-order valence-corrected chi connectivity index (χ3v) is 3.56. The monoisotopic (exact) mass is 383 g/mol. The van der Waals surface area contributed by atoms with Gasteiger partial charge in [0.25, 0.3) is 0 Å². The van der Waals surface area contributed by atoms with Crippen molar-refractivity contribution < 1.29 is 32.5 Å². The first-order chi connectivity index (χ1) is 12.8. The molecule has 0 aliphatic rings. The van der Waals surface area contributed by atoms with Crippen LogP contribution in [0.2, 0.25) is 0 Å². The molecule has 0 aromatic heterocycles. The molecule has 2 aromatic rings. The molecular weight excluding hydrogens is 363 g/mol. The highest BCUT2D eigenvalue weighted by Gasteiger charge is 2.29. The van der Waals surface area contributed by atoms with E-state index >= 15 is 0 Å². The second kappa shape index (κ2) is 9.27. The van der Waals surface area contributed by atoms with Crippen molar-refractivity contribution in [2.45, 2.75) is 26.2 Å². The van der Waals surface area contributed by atoms with Gasteiger partial charge < -0.3 is 19.9 Å². The van der Waals surface area contributed by atoms with Crippen molar-refractivity contribution in [3.8, 4) is 11.5 Å². The van der Waals surface area contributed by atoms with Gasteiger partial charge in [-0.1, -0.05) is 18.2 Å². The van der Waals surface area contributed by atoms with Gasteiger partial charge in [-0.05, 0) is 42.3 Å². The standard InChI is InChI=1S/C19H20F3NO4/c1-2-26-17-9-14(5-8-16(17)27-12-19(20,21)22)11-23-10-13-3-6-15(7-4-13)18(24)25/h3-9,23H,2,10-12H2,1H3,(H,24,25). The normalized spacial score (nSPS) is 11.3. The summed E-state index contributed by atoms with van der Waals surface area (Å²) >= 11 is 0. The molecule has 0 fully saturated rings. The Bertz CT molecular complexity index is 761. The van der Waals surface area contributed by atoms with E-state index < -0.39 is 18.8 Å². The highest BCUT2D eigenvalue weighted by atomic mass is 19.4. The Hall–Kier alpha value is -2.74. The summed E-state index contributed by atoms with van der Waals surface area (Å²) < 4.78 is 47.1. The van der Waals surface area contributed by atoms with Crippen LogP contribution in [0.3, 0.4) is 0 Å². The van der Waals surface area contributed by atoms with Crippen LogP contribution in [-0.2, 0) is 13.1 Å². The SMILES string of the molecule is CCOc1cc(CNCc2ccc(C(=O)O)cc2)ccc1OCC(F)(F)F. The first-order valence-corrected chi connectivity index (χ1v) is 8.26. The molecule has 0 aliphatic carbocycles. The molecule has 0 radical (unpaired) electrons. The van der Waals surface area contributed by atoms with Crippen molar-refractivity contribution in [1.29, 1.82) is 0 Å². The number of hydrogen-bond acceptors (Lipinski definition) is 4. The second-order valence-corrected chi connectivity index (χ2v) is 5.72. The Morgan fingerprint density at radius 2 is 1.63 bits per heavy atom. The lowest BCUT2D eigenvalue weighted by Crippen LogP contribution is -2.19. The first-order valence-electron chi connectivity index (χ1n) is 8.26. The number of halogens is 3. The number of carboxylic acids is 1. The number of aromatic carboxylic acids is 1. The maximum absolute atomic E-state index is 12.3. The highest BCUT2D eigenvalue weighted by Crippen LogP contribution is 2.30. The first kappa shape index (κ1) is 20.6. The molecule has 0 bridgehead atoms. The Balaban J connectivity index is 1.95. The zero-order valence-corrected chi connectivity index (χ0v) is 14.7. The van der Waals surface area contributed by atoms with Gasteiger partial charge in [-0.25, -0.2) is 4.79 Å².